The van der Waals surface area contributed by atoms with E-state index in [1.165, 1.54) is 6.26 Å². The third kappa shape index (κ3) is 3.91. The molecule has 2 unspecified atom stereocenters. The van der Waals surface area contributed by atoms with Gasteiger partial charge in [0.2, 0.25) is 5.91 Å². The number of rotatable bonds is 6. The lowest BCUT2D eigenvalue weighted by molar-refractivity contribution is -0.123. The zero-order chi connectivity index (χ0) is 11.1. The highest BCUT2D eigenvalue weighted by Crippen LogP contribution is 2.13. The molecule has 0 aliphatic carbocycles. The van der Waals surface area contributed by atoms with Crippen LogP contribution in [0.3, 0.4) is 0 Å². The third-order valence-electron chi connectivity index (χ3n) is 2.67. The number of hydrogen-bond acceptors (Lipinski definition) is 3. The van der Waals surface area contributed by atoms with Crippen molar-refractivity contribution in [3.8, 4) is 0 Å². The summed E-state index contributed by atoms with van der Waals surface area (Å²) in [6, 6.07) is -0.00896. The lowest BCUT2D eigenvalue weighted by atomic mass is 10.0. The molecule has 86 valence electrons. The molecule has 1 saturated heterocycles. The predicted molar refractivity (Wildman–Crippen MR) is 59.3 cm³/mol. The van der Waals surface area contributed by atoms with Crippen LogP contribution < -0.4 is 10.6 Å². The van der Waals surface area contributed by atoms with Gasteiger partial charge in [-0.1, -0.05) is 13.5 Å². The smallest absolute Gasteiger partial charge is 0.237 e. The van der Waals surface area contributed by atoms with Crippen molar-refractivity contribution in [3.63, 3.8) is 0 Å². The summed E-state index contributed by atoms with van der Waals surface area (Å²) in [7, 11) is 0. The Morgan fingerprint density at radius 2 is 2.53 bits per heavy atom. The van der Waals surface area contributed by atoms with Crippen molar-refractivity contribution in [3.05, 3.63) is 12.8 Å². The maximum Gasteiger partial charge on any atom is 0.237 e. The second kappa shape index (κ2) is 6.45. The first kappa shape index (κ1) is 12.0. The van der Waals surface area contributed by atoms with Crippen LogP contribution in [0.4, 0.5) is 0 Å². The molecule has 2 N–H and O–H groups in total. The van der Waals surface area contributed by atoms with Crippen LogP contribution in [0.25, 0.3) is 0 Å². The largest absolute Gasteiger partial charge is 0.502 e. The predicted octanol–water partition coefficient (Wildman–Crippen LogP) is 0.651. The topological polar surface area (TPSA) is 50.4 Å². The highest BCUT2D eigenvalue weighted by molar-refractivity contribution is 5.82. The second-order valence-electron chi connectivity index (χ2n) is 3.88. The molecule has 0 saturated carbocycles. The van der Waals surface area contributed by atoms with E-state index >= 15 is 0 Å². The van der Waals surface area contributed by atoms with Gasteiger partial charge in [-0.15, -0.1) is 0 Å². The van der Waals surface area contributed by atoms with Gasteiger partial charge in [-0.3, -0.25) is 4.79 Å². The Bertz CT molecular complexity index is 219. The summed E-state index contributed by atoms with van der Waals surface area (Å²) in [5, 5.41) is 6.10. The minimum absolute atomic E-state index is 0.00896. The lowest BCUT2D eigenvalue weighted by Gasteiger charge is -2.15. The molecule has 0 bridgehead atoms. The molecule has 0 aromatic carbocycles. The van der Waals surface area contributed by atoms with Crippen molar-refractivity contribution < 1.29 is 9.53 Å². The Morgan fingerprint density at radius 1 is 1.73 bits per heavy atom. The molecular weight excluding hydrogens is 192 g/mol. The molecule has 1 fully saturated rings. The highest BCUT2D eigenvalue weighted by atomic mass is 16.5. The molecule has 1 aliphatic heterocycles. The molecule has 0 aromatic heterocycles. The molecule has 1 aliphatic rings. The number of ether oxygens (including phenoxy) is 1. The van der Waals surface area contributed by atoms with Gasteiger partial charge in [-0.05, 0) is 25.3 Å². The van der Waals surface area contributed by atoms with Crippen LogP contribution >= 0.6 is 0 Å². The van der Waals surface area contributed by atoms with E-state index < -0.39 is 0 Å². The Labute approximate surface area is 91.1 Å². The third-order valence-corrected chi connectivity index (χ3v) is 2.67. The Morgan fingerprint density at radius 3 is 3.13 bits per heavy atom. The van der Waals surface area contributed by atoms with E-state index in [9.17, 15) is 4.79 Å². The van der Waals surface area contributed by atoms with Crippen molar-refractivity contribution in [1.82, 2.24) is 10.6 Å². The lowest BCUT2D eigenvalue weighted by Crippen LogP contribution is -2.43. The van der Waals surface area contributed by atoms with Crippen LogP contribution in [0.15, 0.2) is 12.8 Å². The van der Waals surface area contributed by atoms with E-state index in [0.29, 0.717) is 19.1 Å². The molecular formula is C11H20N2O2. The van der Waals surface area contributed by atoms with Gasteiger partial charge in [-0.25, -0.2) is 0 Å². The Balaban J connectivity index is 2.10. The van der Waals surface area contributed by atoms with Gasteiger partial charge in [0.05, 0.1) is 18.9 Å². The fourth-order valence-electron chi connectivity index (χ4n) is 1.75. The van der Waals surface area contributed by atoms with Crippen molar-refractivity contribution in [2.75, 3.05) is 19.7 Å². The molecule has 0 spiro atoms. The highest BCUT2D eigenvalue weighted by Gasteiger charge is 2.28. The van der Waals surface area contributed by atoms with Gasteiger partial charge in [0.15, 0.2) is 0 Å². The average molecular weight is 212 g/mol. The van der Waals surface area contributed by atoms with E-state index in [-0.39, 0.29) is 11.9 Å². The van der Waals surface area contributed by atoms with Gasteiger partial charge >= 0.3 is 0 Å². The van der Waals surface area contributed by atoms with Gasteiger partial charge in [0.25, 0.3) is 0 Å². The minimum Gasteiger partial charge on any atom is -0.502 e. The number of amides is 1. The van der Waals surface area contributed by atoms with E-state index in [0.717, 1.165) is 19.4 Å². The normalized spacial score (nSPS) is 24.9. The van der Waals surface area contributed by atoms with Crippen LogP contribution in [-0.4, -0.2) is 31.6 Å². The second-order valence-corrected chi connectivity index (χ2v) is 3.88. The summed E-state index contributed by atoms with van der Waals surface area (Å²) in [5.74, 6) is 0.549. The van der Waals surface area contributed by atoms with E-state index in [4.69, 9.17) is 4.74 Å². The maximum absolute atomic E-state index is 11.7. The monoisotopic (exact) mass is 212 g/mol. The standard InChI is InChI=1S/C11H20N2O2/c1-3-15-8-4-6-13-11(14)10-9(2)5-7-12-10/h3,9-10,12H,1,4-8H2,2H3,(H,13,14). The molecule has 4 heteroatoms. The van der Waals surface area contributed by atoms with E-state index in [1.54, 1.807) is 0 Å². The minimum atomic E-state index is -0.00896. The summed E-state index contributed by atoms with van der Waals surface area (Å²) >= 11 is 0. The first-order valence-corrected chi connectivity index (χ1v) is 5.49. The average Bonchev–Trinajstić information content (AvgIpc) is 2.64. The van der Waals surface area contributed by atoms with Gasteiger partial charge in [0.1, 0.15) is 0 Å². The summed E-state index contributed by atoms with van der Waals surface area (Å²) in [5.41, 5.74) is 0. The molecule has 1 heterocycles. The van der Waals surface area contributed by atoms with Crippen LogP contribution in [0.2, 0.25) is 0 Å². The van der Waals surface area contributed by atoms with Crippen LogP contribution in [0.5, 0.6) is 0 Å². The summed E-state index contributed by atoms with van der Waals surface area (Å²) in [4.78, 5) is 11.7. The fraction of sp³-hybridized carbons (Fsp3) is 0.727. The number of nitrogens with one attached hydrogen (secondary N) is 2. The number of hydrogen-bond donors (Lipinski definition) is 2. The van der Waals surface area contributed by atoms with Crippen LogP contribution in [0.1, 0.15) is 19.8 Å². The maximum atomic E-state index is 11.7. The van der Waals surface area contributed by atoms with Crippen LogP contribution in [0, 0.1) is 5.92 Å². The fourth-order valence-corrected chi connectivity index (χ4v) is 1.75. The first-order chi connectivity index (χ1) is 7.25. The summed E-state index contributed by atoms with van der Waals surface area (Å²) in [6.45, 7) is 7.77. The zero-order valence-electron chi connectivity index (χ0n) is 9.29. The molecule has 0 aromatic rings. The molecule has 0 radical (unpaired) electrons. The number of carbonyl (C=O) groups is 1. The summed E-state index contributed by atoms with van der Waals surface area (Å²) in [6.07, 6.45) is 3.32. The Kier molecular flexibility index (Phi) is 5.18. The molecule has 15 heavy (non-hydrogen) atoms. The number of carbonyl (C=O) groups excluding carboxylic acids is 1. The van der Waals surface area contributed by atoms with Gasteiger partial charge < -0.3 is 15.4 Å². The van der Waals surface area contributed by atoms with Gasteiger partial charge in [0, 0.05) is 6.54 Å². The van der Waals surface area contributed by atoms with Crippen molar-refractivity contribution >= 4 is 5.91 Å². The summed E-state index contributed by atoms with van der Waals surface area (Å²) < 4.78 is 4.96. The van der Waals surface area contributed by atoms with Crippen molar-refractivity contribution in [1.29, 1.82) is 0 Å². The first-order valence-electron chi connectivity index (χ1n) is 5.49. The molecule has 1 amide bonds. The van der Waals surface area contributed by atoms with Crippen molar-refractivity contribution in [2.24, 2.45) is 5.92 Å². The quantitative estimate of drug-likeness (QED) is 0.502. The Hall–Kier alpha value is -1.03. The molecule has 2 atom stereocenters. The van der Waals surface area contributed by atoms with E-state index in [1.807, 2.05) is 0 Å². The van der Waals surface area contributed by atoms with E-state index in [2.05, 4.69) is 24.1 Å². The molecule has 4 nitrogen and oxygen atoms in total. The van der Waals surface area contributed by atoms with Crippen LogP contribution in [-0.2, 0) is 9.53 Å². The van der Waals surface area contributed by atoms with Gasteiger partial charge in [-0.2, -0.15) is 0 Å². The molecule has 1 rings (SSSR count). The SMILES string of the molecule is C=COCCCNC(=O)C1NCCC1C. The van der Waals surface area contributed by atoms with Crippen molar-refractivity contribution in [2.45, 2.75) is 25.8 Å². The zero-order valence-corrected chi connectivity index (χ0v) is 9.29.